The molecule has 0 amide bonds. The molecule has 2 rings (SSSR count). The van der Waals surface area contributed by atoms with Crippen molar-refractivity contribution >= 4 is 0 Å². The van der Waals surface area contributed by atoms with Gasteiger partial charge in [-0.2, -0.15) is 0 Å². The average molecular weight is 210 g/mol. The Hall–Kier alpha value is -0.0800. The minimum atomic E-state index is 0.469. The quantitative estimate of drug-likeness (QED) is 0.749. The standard InChI is InChI=1S/C13H26N2/c1-4-14-12(11-7-8-11)13(15(2)3)9-5-6-10-13/h11-12,14H,4-10H2,1-3H3. The van der Waals surface area contributed by atoms with Crippen LogP contribution in [0.1, 0.15) is 45.4 Å². The van der Waals surface area contributed by atoms with Crippen molar-refractivity contribution in [2.75, 3.05) is 20.6 Å². The van der Waals surface area contributed by atoms with E-state index in [1.807, 2.05) is 0 Å². The Morgan fingerprint density at radius 2 is 1.87 bits per heavy atom. The van der Waals surface area contributed by atoms with Gasteiger partial charge in [-0.25, -0.2) is 0 Å². The lowest BCUT2D eigenvalue weighted by Crippen LogP contribution is -2.58. The molecule has 2 fully saturated rings. The van der Waals surface area contributed by atoms with Gasteiger partial charge in [-0.1, -0.05) is 19.8 Å². The number of nitrogens with zero attached hydrogens (tertiary/aromatic N) is 1. The first-order valence-electron chi connectivity index (χ1n) is 6.61. The Kier molecular flexibility index (Phi) is 3.36. The van der Waals surface area contributed by atoms with Crippen LogP contribution in [0.2, 0.25) is 0 Å². The third kappa shape index (κ3) is 2.07. The third-order valence-corrected chi connectivity index (χ3v) is 4.46. The molecule has 0 spiro atoms. The summed E-state index contributed by atoms with van der Waals surface area (Å²) in [4.78, 5) is 2.51. The molecular formula is C13H26N2. The van der Waals surface area contributed by atoms with Crippen molar-refractivity contribution < 1.29 is 0 Å². The molecule has 1 N–H and O–H groups in total. The molecule has 2 saturated carbocycles. The number of likely N-dealkylation sites (N-methyl/N-ethyl adjacent to an activating group) is 2. The van der Waals surface area contributed by atoms with Crippen molar-refractivity contribution in [3.63, 3.8) is 0 Å². The zero-order valence-electron chi connectivity index (χ0n) is 10.6. The molecule has 1 unspecified atom stereocenters. The van der Waals surface area contributed by atoms with Crippen LogP contribution >= 0.6 is 0 Å². The van der Waals surface area contributed by atoms with Crippen molar-refractivity contribution in [1.82, 2.24) is 10.2 Å². The van der Waals surface area contributed by atoms with Crippen LogP contribution in [0.25, 0.3) is 0 Å². The summed E-state index contributed by atoms with van der Waals surface area (Å²) in [7, 11) is 4.55. The van der Waals surface area contributed by atoms with Gasteiger partial charge in [0.15, 0.2) is 0 Å². The summed E-state index contributed by atoms with van der Waals surface area (Å²) >= 11 is 0. The van der Waals surface area contributed by atoms with Crippen molar-refractivity contribution in [3.8, 4) is 0 Å². The molecule has 1 atom stereocenters. The van der Waals surface area contributed by atoms with Crippen LogP contribution in [-0.4, -0.2) is 37.1 Å². The molecule has 88 valence electrons. The zero-order valence-corrected chi connectivity index (χ0v) is 10.6. The van der Waals surface area contributed by atoms with Crippen molar-refractivity contribution in [2.24, 2.45) is 5.92 Å². The van der Waals surface area contributed by atoms with Gasteiger partial charge >= 0.3 is 0 Å². The van der Waals surface area contributed by atoms with E-state index < -0.39 is 0 Å². The zero-order chi connectivity index (χ0) is 10.9. The first kappa shape index (κ1) is 11.4. The highest BCUT2D eigenvalue weighted by molar-refractivity contribution is 5.07. The molecule has 0 bridgehead atoms. The summed E-state index contributed by atoms with van der Waals surface area (Å²) in [5.74, 6) is 0.963. The lowest BCUT2D eigenvalue weighted by atomic mass is 9.83. The average Bonchev–Trinajstić information content (AvgIpc) is 2.91. The molecule has 0 heterocycles. The molecule has 0 saturated heterocycles. The maximum absolute atomic E-state index is 3.77. The van der Waals surface area contributed by atoms with E-state index >= 15 is 0 Å². The first-order chi connectivity index (χ1) is 7.20. The van der Waals surface area contributed by atoms with E-state index in [9.17, 15) is 0 Å². The lowest BCUT2D eigenvalue weighted by molar-refractivity contribution is 0.0944. The van der Waals surface area contributed by atoms with E-state index in [1.54, 1.807) is 0 Å². The van der Waals surface area contributed by atoms with Crippen molar-refractivity contribution in [2.45, 2.75) is 57.0 Å². The Bertz CT molecular complexity index is 203. The van der Waals surface area contributed by atoms with E-state index in [2.05, 4.69) is 31.2 Å². The van der Waals surface area contributed by atoms with Crippen LogP contribution in [-0.2, 0) is 0 Å². The van der Waals surface area contributed by atoms with Gasteiger partial charge in [0.1, 0.15) is 0 Å². The molecule has 15 heavy (non-hydrogen) atoms. The smallest absolute Gasteiger partial charge is 0.0359 e. The highest BCUT2D eigenvalue weighted by Gasteiger charge is 2.48. The summed E-state index contributed by atoms with van der Waals surface area (Å²) < 4.78 is 0. The van der Waals surface area contributed by atoms with Crippen LogP contribution in [0.4, 0.5) is 0 Å². The summed E-state index contributed by atoms with van der Waals surface area (Å²) in [6, 6.07) is 0.750. The number of hydrogen-bond acceptors (Lipinski definition) is 2. The normalized spacial score (nSPS) is 27.2. The van der Waals surface area contributed by atoms with Gasteiger partial charge in [-0.15, -0.1) is 0 Å². The predicted molar refractivity (Wildman–Crippen MR) is 65.1 cm³/mol. The fourth-order valence-electron chi connectivity index (χ4n) is 3.47. The molecule has 0 aromatic rings. The summed E-state index contributed by atoms with van der Waals surface area (Å²) in [5.41, 5.74) is 0.469. The van der Waals surface area contributed by atoms with Gasteiger partial charge in [0, 0.05) is 11.6 Å². The second-order valence-electron chi connectivity index (χ2n) is 5.58. The minimum Gasteiger partial charge on any atom is -0.312 e. The SMILES string of the molecule is CCNC(C1CC1)C1(N(C)C)CCCC1. The molecule has 0 aromatic carbocycles. The Balaban J connectivity index is 2.13. The number of rotatable bonds is 5. The lowest BCUT2D eigenvalue weighted by Gasteiger charge is -2.44. The molecular weight excluding hydrogens is 184 g/mol. The number of nitrogens with one attached hydrogen (secondary N) is 1. The second-order valence-corrected chi connectivity index (χ2v) is 5.58. The molecule has 2 aliphatic rings. The van der Waals surface area contributed by atoms with Gasteiger partial charge in [0.2, 0.25) is 0 Å². The monoisotopic (exact) mass is 210 g/mol. The third-order valence-electron chi connectivity index (χ3n) is 4.46. The summed E-state index contributed by atoms with van der Waals surface area (Å²) in [6.45, 7) is 3.37. The molecule has 2 heteroatoms. The maximum Gasteiger partial charge on any atom is 0.0359 e. The summed E-state index contributed by atoms with van der Waals surface area (Å²) in [6.07, 6.45) is 8.54. The van der Waals surface area contributed by atoms with Gasteiger partial charge in [0.25, 0.3) is 0 Å². The minimum absolute atomic E-state index is 0.469. The van der Waals surface area contributed by atoms with E-state index in [0.29, 0.717) is 5.54 Å². The Labute approximate surface area is 94.4 Å². The first-order valence-corrected chi connectivity index (χ1v) is 6.61. The van der Waals surface area contributed by atoms with Crippen LogP contribution in [0, 0.1) is 5.92 Å². The van der Waals surface area contributed by atoms with Crippen LogP contribution in [0.5, 0.6) is 0 Å². The molecule has 0 aliphatic heterocycles. The number of hydrogen-bond donors (Lipinski definition) is 1. The van der Waals surface area contributed by atoms with Crippen molar-refractivity contribution in [3.05, 3.63) is 0 Å². The summed E-state index contributed by atoms with van der Waals surface area (Å²) in [5, 5.41) is 3.77. The maximum atomic E-state index is 3.77. The van der Waals surface area contributed by atoms with Gasteiger partial charge in [-0.05, 0) is 52.2 Å². The Morgan fingerprint density at radius 1 is 1.27 bits per heavy atom. The molecule has 2 aliphatic carbocycles. The van der Waals surface area contributed by atoms with Crippen molar-refractivity contribution in [1.29, 1.82) is 0 Å². The fraction of sp³-hybridized carbons (Fsp3) is 1.00. The van der Waals surface area contributed by atoms with E-state index in [4.69, 9.17) is 0 Å². The highest BCUT2D eigenvalue weighted by atomic mass is 15.2. The van der Waals surface area contributed by atoms with Crippen LogP contribution < -0.4 is 5.32 Å². The second kappa shape index (κ2) is 4.42. The van der Waals surface area contributed by atoms with Gasteiger partial charge in [-0.3, -0.25) is 0 Å². The van der Waals surface area contributed by atoms with Gasteiger partial charge < -0.3 is 10.2 Å². The van der Waals surface area contributed by atoms with E-state index in [0.717, 1.165) is 18.5 Å². The molecule has 0 radical (unpaired) electrons. The Morgan fingerprint density at radius 3 is 2.27 bits per heavy atom. The van der Waals surface area contributed by atoms with E-state index in [-0.39, 0.29) is 0 Å². The van der Waals surface area contributed by atoms with Crippen LogP contribution in [0.3, 0.4) is 0 Å². The molecule has 2 nitrogen and oxygen atoms in total. The van der Waals surface area contributed by atoms with Gasteiger partial charge in [0.05, 0.1) is 0 Å². The van der Waals surface area contributed by atoms with Crippen LogP contribution in [0.15, 0.2) is 0 Å². The van der Waals surface area contributed by atoms with E-state index in [1.165, 1.54) is 38.5 Å². The molecule has 0 aromatic heterocycles. The largest absolute Gasteiger partial charge is 0.312 e. The highest BCUT2D eigenvalue weighted by Crippen LogP contribution is 2.45. The topological polar surface area (TPSA) is 15.3 Å². The predicted octanol–water partition coefficient (Wildman–Crippen LogP) is 2.25. The fourth-order valence-corrected chi connectivity index (χ4v) is 3.47.